The second kappa shape index (κ2) is 8.36. The van der Waals surface area contributed by atoms with Crippen LogP contribution in [0.25, 0.3) is 22.9 Å². The number of benzene rings is 3. The van der Waals surface area contributed by atoms with Crippen LogP contribution in [0.1, 0.15) is 15.9 Å². The topological polar surface area (TPSA) is 108 Å². The standard InChI is InChI=1S/C22H15N3O5/c26-22(29-14-15-5-4-8-19(13-15)25(27)28)18-11-9-17(10-12-18)21-24-23-20(30-21)16-6-2-1-3-7-16/h1-13H,14H2. The van der Waals surface area contributed by atoms with Crippen LogP contribution in [-0.4, -0.2) is 21.1 Å². The lowest BCUT2D eigenvalue weighted by Gasteiger charge is -2.05. The molecular weight excluding hydrogens is 386 g/mol. The fourth-order valence-electron chi connectivity index (χ4n) is 2.78. The first kappa shape index (κ1) is 19.0. The Hall–Kier alpha value is -4.33. The van der Waals surface area contributed by atoms with E-state index in [-0.39, 0.29) is 12.3 Å². The van der Waals surface area contributed by atoms with Gasteiger partial charge in [0.1, 0.15) is 6.61 Å². The lowest BCUT2D eigenvalue weighted by Crippen LogP contribution is -2.05. The van der Waals surface area contributed by atoms with Crippen LogP contribution in [0, 0.1) is 10.1 Å². The molecule has 0 saturated heterocycles. The molecular formula is C22H15N3O5. The summed E-state index contributed by atoms with van der Waals surface area (Å²) in [6, 6.07) is 21.9. The van der Waals surface area contributed by atoms with Crippen LogP contribution in [-0.2, 0) is 11.3 Å². The average Bonchev–Trinajstić information content (AvgIpc) is 3.29. The van der Waals surface area contributed by atoms with E-state index in [1.54, 1.807) is 36.4 Å². The van der Waals surface area contributed by atoms with E-state index >= 15 is 0 Å². The largest absolute Gasteiger partial charge is 0.457 e. The Morgan fingerprint density at radius 1 is 0.900 bits per heavy atom. The van der Waals surface area contributed by atoms with Crippen molar-refractivity contribution >= 4 is 11.7 Å². The second-order valence-electron chi connectivity index (χ2n) is 6.36. The van der Waals surface area contributed by atoms with Gasteiger partial charge in [-0.1, -0.05) is 30.3 Å². The maximum absolute atomic E-state index is 12.3. The Morgan fingerprint density at radius 3 is 2.23 bits per heavy atom. The van der Waals surface area contributed by atoms with Gasteiger partial charge in [0.05, 0.1) is 10.5 Å². The molecule has 0 spiro atoms. The molecule has 4 aromatic rings. The monoisotopic (exact) mass is 401 g/mol. The summed E-state index contributed by atoms with van der Waals surface area (Å²) in [5.74, 6) is 0.208. The molecule has 0 aliphatic heterocycles. The summed E-state index contributed by atoms with van der Waals surface area (Å²) >= 11 is 0. The highest BCUT2D eigenvalue weighted by Crippen LogP contribution is 2.24. The van der Waals surface area contributed by atoms with Crippen molar-refractivity contribution in [3.8, 4) is 22.9 Å². The molecule has 0 aliphatic carbocycles. The lowest BCUT2D eigenvalue weighted by atomic mass is 10.1. The van der Waals surface area contributed by atoms with Gasteiger partial charge in [0, 0.05) is 23.3 Å². The third kappa shape index (κ3) is 4.22. The Kier molecular flexibility index (Phi) is 5.29. The minimum absolute atomic E-state index is 0.0534. The highest BCUT2D eigenvalue weighted by molar-refractivity contribution is 5.89. The van der Waals surface area contributed by atoms with Crippen LogP contribution in [0.4, 0.5) is 5.69 Å². The first-order valence-electron chi connectivity index (χ1n) is 9.00. The molecule has 0 radical (unpaired) electrons. The molecule has 3 aromatic carbocycles. The quantitative estimate of drug-likeness (QED) is 0.262. The molecule has 8 heteroatoms. The number of ether oxygens (including phenoxy) is 1. The van der Waals surface area contributed by atoms with Crippen molar-refractivity contribution in [2.45, 2.75) is 6.61 Å². The maximum atomic E-state index is 12.3. The van der Waals surface area contributed by atoms with Gasteiger partial charge >= 0.3 is 5.97 Å². The minimum atomic E-state index is -0.538. The van der Waals surface area contributed by atoms with E-state index in [2.05, 4.69) is 10.2 Å². The van der Waals surface area contributed by atoms with Crippen molar-refractivity contribution in [1.82, 2.24) is 10.2 Å². The van der Waals surface area contributed by atoms with Crippen molar-refractivity contribution in [3.05, 3.63) is 100 Å². The van der Waals surface area contributed by atoms with Crippen molar-refractivity contribution in [1.29, 1.82) is 0 Å². The number of non-ortho nitro benzene ring substituents is 1. The number of rotatable bonds is 6. The fraction of sp³-hybridized carbons (Fsp3) is 0.0455. The number of carbonyl (C=O) groups excluding carboxylic acids is 1. The molecule has 0 aliphatic rings. The summed E-state index contributed by atoms with van der Waals surface area (Å²) in [5, 5.41) is 18.9. The van der Waals surface area contributed by atoms with Crippen molar-refractivity contribution in [3.63, 3.8) is 0 Å². The van der Waals surface area contributed by atoms with Crippen molar-refractivity contribution in [2.24, 2.45) is 0 Å². The smallest absolute Gasteiger partial charge is 0.338 e. The number of nitro benzene ring substituents is 1. The number of nitro groups is 1. The van der Waals surface area contributed by atoms with Gasteiger partial charge in [-0.15, -0.1) is 10.2 Å². The van der Waals surface area contributed by atoms with E-state index in [1.807, 2.05) is 30.3 Å². The van der Waals surface area contributed by atoms with E-state index in [0.717, 1.165) is 5.56 Å². The summed E-state index contributed by atoms with van der Waals surface area (Å²) in [5.41, 5.74) is 2.31. The number of esters is 1. The molecule has 0 unspecified atom stereocenters. The van der Waals surface area contributed by atoms with Gasteiger partial charge in [-0.25, -0.2) is 4.79 Å². The van der Waals surface area contributed by atoms with E-state index in [4.69, 9.17) is 9.15 Å². The number of carbonyl (C=O) groups is 1. The summed E-state index contributed by atoms with van der Waals surface area (Å²) < 4.78 is 10.9. The van der Waals surface area contributed by atoms with Crippen molar-refractivity contribution in [2.75, 3.05) is 0 Å². The first-order chi connectivity index (χ1) is 14.6. The van der Waals surface area contributed by atoms with Crippen LogP contribution in [0.5, 0.6) is 0 Å². The third-order valence-corrected chi connectivity index (χ3v) is 4.30. The van der Waals surface area contributed by atoms with Crippen LogP contribution < -0.4 is 0 Å². The number of hydrogen-bond acceptors (Lipinski definition) is 7. The molecule has 30 heavy (non-hydrogen) atoms. The van der Waals surface area contributed by atoms with E-state index in [9.17, 15) is 14.9 Å². The molecule has 8 nitrogen and oxygen atoms in total. The SMILES string of the molecule is O=C(OCc1cccc([N+](=O)[O-])c1)c1ccc(-c2nnc(-c3ccccc3)o2)cc1. The first-order valence-corrected chi connectivity index (χ1v) is 9.00. The van der Waals surface area contributed by atoms with Gasteiger partial charge in [0.25, 0.3) is 5.69 Å². The Balaban J connectivity index is 1.42. The summed E-state index contributed by atoms with van der Waals surface area (Å²) in [4.78, 5) is 22.6. The van der Waals surface area contributed by atoms with Gasteiger partial charge in [-0.2, -0.15) is 0 Å². The minimum Gasteiger partial charge on any atom is -0.457 e. The molecule has 4 rings (SSSR count). The van der Waals surface area contributed by atoms with Crippen molar-refractivity contribution < 1.29 is 18.9 Å². The summed E-state index contributed by atoms with van der Waals surface area (Å²) in [7, 11) is 0. The molecule has 0 bridgehead atoms. The van der Waals surface area contributed by atoms with E-state index in [0.29, 0.717) is 28.5 Å². The Morgan fingerprint density at radius 2 is 1.57 bits per heavy atom. The van der Waals surface area contributed by atoms with E-state index < -0.39 is 10.9 Å². The van der Waals surface area contributed by atoms with Gasteiger partial charge < -0.3 is 9.15 Å². The van der Waals surface area contributed by atoms with Crippen LogP contribution >= 0.6 is 0 Å². The average molecular weight is 401 g/mol. The van der Waals surface area contributed by atoms with Crippen LogP contribution in [0.15, 0.2) is 83.3 Å². The third-order valence-electron chi connectivity index (χ3n) is 4.30. The molecule has 0 N–H and O–H groups in total. The molecule has 148 valence electrons. The zero-order valence-electron chi connectivity index (χ0n) is 15.6. The number of aromatic nitrogens is 2. The predicted octanol–water partition coefficient (Wildman–Crippen LogP) is 4.67. The van der Waals surface area contributed by atoms with Gasteiger partial charge in [-0.05, 0) is 42.0 Å². The molecule has 0 atom stereocenters. The summed E-state index contributed by atoms with van der Waals surface area (Å²) in [6.45, 7) is -0.0631. The second-order valence-corrected chi connectivity index (χ2v) is 6.36. The van der Waals surface area contributed by atoms with Gasteiger partial charge in [0.15, 0.2) is 0 Å². The molecule has 1 aromatic heterocycles. The van der Waals surface area contributed by atoms with E-state index in [1.165, 1.54) is 12.1 Å². The lowest BCUT2D eigenvalue weighted by molar-refractivity contribution is -0.384. The highest BCUT2D eigenvalue weighted by Gasteiger charge is 2.13. The summed E-state index contributed by atoms with van der Waals surface area (Å²) in [6.07, 6.45) is 0. The maximum Gasteiger partial charge on any atom is 0.338 e. The zero-order chi connectivity index (χ0) is 20.9. The predicted molar refractivity (Wildman–Crippen MR) is 107 cm³/mol. The molecule has 1 heterocycles. The number of hydrogen-bond donors (Lipinski definition) is 0. The van der Waals surface area contributed by atoms with Gasteiger partial charge in [0.2, 0.25) is 11.8 Å². The van der Waals surface area contributed by atoms with Crippen LogP contribution in [0.3, 0.4) is 0 Å². The molecule has 0 saturated carbocycles. The Bertz CT molecular complexity index is 1190. The highest BCUT2D eigenvalue weighted by atomic mass is 16.6. The molecule has 0 fully saturated rings. The van der Waals surface area contributed by atoms with Crippen LogP contribution in [0.2, 0.25) is 0 Å². The normalized spacial score (nSPS) is 10.5. The molecule has 0 amide bonds. The Labute approximate surface area is 170 Å². The van der Waals surface area contributed by atoms with Gasteiger partial charge in [-0.3, -0.25) is 10.1 Å². The zero-order valence-corrected chi connectivity index (χ0v) is 15.6. The fourth-order valence-corrected chi connectivity index (χ4v) is 2.78. The number of nitrogens with zero attached hydrogens (tertiary/aromatic N) is 3.